The molecule has 1 aromatic rings. The van der Waals surface area contributed by atoms with E-state index in [2.05, 4.69) is 26.0 Å². The van der Waals surface area contributed by atoms with Crippen LogP contribution in [0.15, 0.2) is 29.8 Å². The van der Waals surface area contributed by atoms with Crippen molar-refractivity contribution in [3.63, 3.8) is 0 Å². The van der Waals surface area contributed by atoms with Crippen molar-refractivity contribution in [2.75, 3.05) is 0 Å². The highest BCUT2D eigenvalue weighted by Gasteiger charge is 2.43. The molecule has 0 spiro atoms. The summed E-state index contributed by atoms with van der Waals surface area (Å²) in [6, 6.07) is 5.50. The van der Waals surface area contributed by atoms with E-state index >= 15 is 0 Å². The second-order valence-electron chi connectivity index (χ2n) is 5.60. The number of hydrogen-bond acceptors (Lipinski definition) is 2. The van der Waals surface area contributed by atoms with Gasteiger partial charge in [-0.15, -0.1) is 0 Å². The minimum atomic E-state index is -0.244. The molecule has 2 atom stereocenters. The Morgan fingerprint density at radius 1 is 1.39 bits per heavy atom. The average Bonchev–Trinajstić information content (AvgIpc) is 2.34. The molecule has 3 nitrogen and oxygen atoms in total. The van der Waals surface area contributed by atoms with Crippen LogP contribution >= 0.6 is 0 Å². The van der Waals surface area contributed by atoms with Gasteiger partial charge in [0.05, 0.1) is 4.92 Å². The van der Waals surface area contributed by atoms with Gasteiger partial charge in [0.1, 0.15) is 0 Å². The van der Waals surface area contributed by atoms with E-state index in [1.807, 2.05) is 6.07 Å². The Bertz CT molecular complexity index is 545. The molecule has 0 fully saturated rings. The summed E-state index contributed by atoms with van der Waals surface area (Å²) < 4.78 is 0. The molecule has 0 bridgehead atoms. The van der Waals surface area contributed by atoms with E-state index in [1.165, 1.54) is 11.1 Å². The smallest absolute Gasteiger partial charge is 0.258 e. The van der Waals surface area contributed by atoms with Crippen molar-refractivity contribution in [2.45, 2.75) is 38.5 Å². The molecule has 0 aliphatic heterocycles. The molecule has 0 saturated heterocycles. The van der Waals surface area contributed by atoms with E-state index in [0.717, 1.165) is 18.4 Å². The first kappa shape index (κ1) is 11.5. The van der Waals surface area contributed by atoms with E-state index in [1.54, 1.807) is 6.07 Å². The SMILES string of the molecule is CC(C)C1=CC2c3c(cccc3[N+](=O)[O-])C2CC1. The molecule has 2 unspecified atom stereocenters. The fraction of sp³-hybridized carbons (Fsp3) is 0.467. The van der Waals surface area contributed by atoms with E-state index in [4.69, 9.17) is 0 Å². The maximum Gasteiger partial charge on any atom is 0.273 e. The molecule has 2 aliphatic rings. The number of fused-ring (bicyclic) bond motifs is 4. The molecule has 0 aromatic heterocycles. The molecule has 2 aliphatic carbocycles. The van der Waals surface area contributed by atoms with E-state index in [9.17, 15) is 10.1 Å². The van der Waals surface area contributed by atoms with Crippen LogP contribution in [0.25, 0.3) is 0 Å². The van der Waals surface area contributed by atoms with Crippen molar-refractivity contribution in [1.29, 1.82) is 0 Å². The number of benzene rings is 1. The molecular formula is C15H17NO2. The minimum absolute atomic E-state index is 0.244. The summed E-state index contributed by atoms with van der Waals surface area (Å²) in [5.74, 6) is 1.35. The largest absolute Gasteiger partial charge is 0.273 e. The second-order valence-corrected chi connectivity index (χ2v) is 5.60. The third-order valence-electron chi connectivity index (χ3n) is 4.36. The molecule has 0 heterocycles. The Morgan fingerprint density at radius 3 is 2.83 bits per heavy atom. The van der Waals surface area contributed by atoms with Gasteiger partial charge in [0, 0.05) is 17.5 Å². The van der Waals surface area contributed by atoms with Gasteiger partial charge in [-0.3, -0.25) is 10.1 Å². The quantitative estimate of drug-likeness (QED) is 0.445. The molecule has 0 saturated carbocycles. The highest BCUT2D eigenvalue weighted by Crippen LogP contribution is 2.56. The van der Waals surface area contributed by atoms with Crippen molar-refractivity contribution in [3.05, 3.63) is 51.1 Å². The van der Waals surface area contributed by atoms with Crippen LogP contribution in [0.3, 0.4) is 0 Å². The van der Waals surface area contributed by atoms with Crippen molar-refractivity contribution in [2.24, 2.45) is 5.92 Å². The Labute approximate surface area is 107 Å². The van der Waals surface area contributed by atoms with Crippen molar-refractivity contribution < 1.29 is 4.92 Å². The first-order chi connectivity index (χ1) is 8.59. The summed E-state index contributed by atoms with van der Waals surface area (Å²) in [6.45, 7) is 4.40. The summed E-state index contributed by atoms with van der Waals surface area (Å²) >= 11 is 0. The number of allylic oxidation sites excluding steroid dienone is 2. The predicted molar refractivity (Wildman–Crippen MR) is 70.7 cm³/mol. The Morgan fingerprint density at radius 2 is 2.17 bits per heavy atom. The van der Waals surface area contributed by atoms with Gasteiger partial charge in [0.2, 0.25) is 0 Å². The highest BCUT2D eigenvalue weighted by molar-refractivity contribution is 5.60. The van der Waals surface area contributed by atoms with Gasteiger partial charge in [-0.05, 0) is 30.2 Å². The lowest BCUT2D eigenvalue weighted by atomic mass is 9.61. The number of nitro groups is 1. The molecule has 1 aromatic carbocycles. The van der Waals surface area contributed by atoms with Crippen LogP contribution in [0.2, 0.25) is 0 Å². The zero-order valence-electron chi connectivity index (χ0n) is 10.7. The zero-order valence-corrected chi connectivity index (χ0v) is 10.7. The molecule has 0 N–H and O–H groups in total. The lowest BCUT2D eigenvalue weighted by Gasteiger charge is -2.41. The summed E-state index contributed by atoms with van der Waals surface area (Å²) in [5.41, 5.74) is 3.92. The maximum absolute atomic E-state index is 11.1. The van der Waals surface area contributed by atoms with Crippen LogP contribution in [0, 0.1) is 16.0 Å². The molecule has 3 heteroatoms. The van der Waals surface area contributed by atoms with Gasteiger partial charge in [0.15, 0.2) is 0 Å². The summed E-state index contributed by atoms with van der Waals surface area (Å²) in [5, 5.41) is 11.1. The summed E-state index contributed by atoms with van der Waals surface area (Å²) in [6.07, 6.45) is 4.57. The van der Waals surface area contributed by atoms with Crippen molar-refractivity contribution in [3.8, 4) is 0 Å². The monoisotopic (exact) mass is 243 g/mol. The van der Waals surface area contributed by atoms with Gasteiger partial charge < -0.3 is 0 Å². The Kier molecular flexibility index (Phi) is 2.51. The van der Waals surface area contributed by atoms with Gasteiger partial charge in [-0.2, -0.15) is 0 Å². The van der Waals surface area contributed by atoms with E-state index in [-0.39, 0.29) is 10.8 Å². The minimum Gasteiger partial charge on any atom is -0.258 e. The standard InChI is InChI=1S/C15H17NO2/c1-9(2)10-6-7-11-12-4-3-5-14(16(17)18)15(12)13(11)8-10/h3-5,8-9,11,13H,6-7H2,1-2H3. The van der Waals surface area contributed by atoms with E-state index in [0.29, 0.717) is 17.5 Å². The fourth-order valence-electron chi connectivity index (χ4n) is 3.37. The summed E-state index contributed by atoms with van der Waals surface area (Å²) in [4.78, 5) is 10.8. The first-order valence-corrected chi connectivity index (χ1v) is 6.57. The predicted octanol–water partition coefficient (Wildman–Crippen LogP) is 4.15. The van der Waals surface area contributed by atoms with Gasteiger partial charge in [0.25, 0.3) is 5.69 Å². The number of hydrogen-bond donors (Lipinski definition) is 0. The highest BCUT2D eigenvalue weighted by atomic mass is 16.6. The van der Waals surface area contributed by atoms with Crippen LogP contribution in [-0.4, -0.2) is 4.92 Å². The number of nitro benzene ring substituents is 1. The number of rotatable bonds is 2. The van der Waals surface area contributed by atoms with Crippen molar-refractivity contribution >= 4 is 5.69 Å². The lowest BCUT2D eigenvalue weighted by molar-refractivity contribution is -0.386. The van der Waals surface area contributed by atoms with Crippen LogP contribution in [0.5, 0.6) is 0 Å². The van der Waals surface area contributed by atoms with Gasteiger partial charge in [-0.1, -0.05) is 37.6 Å². The molecule has 3 rings (SSSR count). The third kappa shape index (κ3) is 1.50. The van der Waals surface area contributed by atoms with Gasteiger partial charge >= 0.3 is 0 Å². The van der Waals surface area contributed by atoms with Crippen LogP contribution in [0.4, 0.5) is 5.69 Å². The molecule has 94 valence electrons. The van der Waals surface area contributed by atoms with Crippen LogP contribution in [0.1, 0.15) is 49.7 Å². The lowest BCUT2D eigenvalue weighted by Crippen LogP contribution is -2.27. The topological polar surface area (TPSA) is 43.1 Å². The average molecular weight is 243 g/mol. The molecule has 18 heavy (non-hydrogen) atoms. The van der Waals surface area contributed by atoms with E-state index < -0.39 is 0 Å². The van der Waals surface area contributed by atoms with Crippen LogP contribution in [-0.2, 0) is 0 Å². The van der Waals surface area contributed by atoms with Gasteiger partial charge in [-0.25, -0.2) is 0 Å². The fourth-order valence-corrected chi connectivity index (χ4v) is 3.37. The first-order valence-electron chi connectivity index (χ1n) is 6.57. The number of nitrogens with zero attached hydrogens (tertiary/aromatic N) is 1. The van der Waals surface area contributed by atoms with Crippen molar-refractivity contribution in [1.82, 2.24) is 0 Å². The normalized spacial score (nSPS) is 24.9. The van der Waals surface area contributed by atoms with Crippen LogP contribution < -0.4 is 0 Å². The second kappa shape index (κ2) is 3.94. The molecule has 0 radical (unpaired) electrons. The maximum atomic E-state index is 11.1. The molecular weight excluding hydrogens is 226 g/mol. The Hall–Kier alpha value is -1.64. The summed E-state index contributed by atoms with van der Waals surface area (Å²) in [7, 11) is 0. The third-order valence-corrected chi connectivity index (χ3v) is 4.36. The molecule has 0 amide bonds. The zero-order chi connectivity index (χ0) is 12.9. The Balaban J connectivity index is 2.06.